The van der Waals surface area contributed by atoms with Crippen molar-refractivity contribution < 1.29 is 13.6 Å². The van der Waals surface area contributed by atoms with Gasteiger partial charge >= 0.3 is 8.25 Å². The van der Waals surface area contributed by atoms with Crippen LogP contribution in [-0.4, -0.2) is 13.2 Å². The van der Waals surface area contributed by atoms with E-state index in [1.54, 1.807) is 0 Å². The van der Waals surface area contributed by atoms with Gasteiger partial charge in [-0.15, -0.1) is 0 Å². The fourth-order valence-corrected chi connectivity index (χ4v) is 7.49. The first-order valence-corrected chi connectivity index (χ1v) is 17.4. The quantitative estimate of drug-likeness (QED) is 0.0824. The average molecular weight is 531 g/mol. The van der Waals surface area contributed by atoms with Crippen LogP contribution in [0, 0.1) is 22.7 Å². The Morgan fingerprint density at radius 3 is 1.19 bits per heavy atom. The molecule has 4 heteroatoms. The second-order valence-electron chi connectivity index (χ2n) is 11.7. The molecule has 36 heavy (non-hydrogen) atoms. The van der Waals surface area contributed by atoms with E-state index in [4.69, 9.17) is 9.05 Å². The van der Waals surface area contributed by atoms with E-state index in [1.165, 1.54) is 103 Å². The molecular formula is C32H67O3P. The zero-order valence-corrected chi connectivity index (χ0v) is 27.0. The van der Waals surface area contributed by atoms with Crippen LogP contribution in [0.1, 0.15) is 171 Å². The van der Waals surface area contributed by atoms with Crippen LogP contribution >= 0.6 is 8.25 Å². The molecule has 0 spiro atoms. The summed E-state index contributed by atoms with van der Waals surface area (Å²) in [5.41, 5.74) is 0.247. The highest BCUT2D eigenvalue weighted by Gasteiger charge is 2.38. The summed E-state index contributed by atoms with van der Waals surface area (Å²) in [5.74, 6) is 1.27. The Labute approximate surface area is 228 Å². The summed E-state index contributed by atoms with van der Waals surface area (Å²) in [6, 6.07) is 0. The van der Waals surface area contributed by atoms with Crippen molar-refractivity contribution in [2.75, 3.05) is 13.2 Å². The number of hydrogen-bond donors (Lipinski definition) is 0. The molecule has 0 fully saturated rings. The van der Waals surface area contributed by atoms with Crippen LogP contribution in [0.25, 0.3) is 0 Å². The van der Waals surface area contributed by atoms with E-state index in [1.807, 2.05) is 0 Å². The van der Waals surface area contributed by atoms with Gasteiger partial charge in [-0.3, -0.25) is 4.57 Å². The van der Waals surface area contributed by atoms with Crippen LogP contribution in [0.3, 0.4) is 0 Å². The van der Waals surface area contributed by atoms with E-state index >= 15 is 0 Å². The monoisotopic (exact) mass is 530 g/mol. The van der Waals surface area contributed by atoms with Crippen LogP contribution in [0.15, 0.2) is 0 Å². The van der Waals surface area contributed by atoms with Gasteiger partial charge in [0.1, 0.15) is 0 Å². The number of rotatable bonds is 26. The Morgan fingerprint density at radius 2 is 0.917 bits per heavy atom. The maximum Gasteiger partial charge on any atom is 0.319 e. The van der Waals surface area contributed by atoms with Crippen molar-refractivity contribution in [1.29, 1.82) is 0 Å². The van der Waals surface area contributed by atoms with Gasteiger partial charge in [-0.05, 0) is 61.2 Å². The van der Waals surface area contributed by atoms with Gasteiger partial charge in [-0.1, -0.05) is 132 Å². The third-order valence-corrected chi connectivity index (χ3v) is 10.2. The summed E-state index contributed by atoms with van der Waals surface area (Å²) in [6.07, 6.45) is 22.0. The van der Waals surface area contributed by atoms with E-state index in [2.05, 4.69) is 55.4 Å². The molecule has 0 rings (SSSR count). The second kappa shape index (κ2) is 22.0. The summed E-state index contributed by atoms with van der Waals surface area (Å²) in [7, 11) is -2.51. The van der Waals surface area contributed by atoms with Gasteiger partial charge in [-0.2, -0.15) is 0 Å². The van der Waals surface area contributed by atoms with Gasteiger partial charge in [0.15, 0.2) is 0 Å². The lowest BCUT2D eigenvalue weighted by Crippen LogP contribution is -2.35. The van der Waals surface area contributed by atoms with Gasteiger partial charge in [0, 0.05) is 0 Å². The molecule has 4 atom stereocenters. The van der Waals surface area contributed by atoms with E-state index in [-0.39, 0.29) is 10.8 Å². The lowest BCUT2D eigenvalue weighted by molar-refractivity contribution is 0.0221. The lowest BCUT2D eigenvalue weighted by Gasteiger charge is -2.41. The van der Waals surface area contributed by atoms with Crippen LogP contribution in [0.4, 0.5) is 0 Å². The predicted octanol–water partition coefficient (Wildman–Crippen LogP) is 11.8. The SMILES string of the molecule is CCCCCC(CC)C(CC)(CCCC)CO[PH](=O)OCC(CC)(CCCC)C(CC)CCCCC. The van der Waals surface area contributed by atoms with Crippen LogP contribution < -0.4 is 0 Å². The fraction of sp³-hybridized carbons (Fsp3) is 1.00. The van der Waals surface area contributed by atoms with E-state index < -0.39 is 8.25 Å². The maximum absolute atomic E-state index is 13.2. The third kappa shape index (κ3) is 12.8. The summed E-state index contributed by atoms with van der Waals surface area (Å²) >= 11 is 0. The molecule has 0 radical (unpaired) electrons. The van der Waals surface area contributed by atoms with Crippen molar-refractivity contribution in [3.63, 3.8) is 0 Å². The van der Waals surface area contributed by atoms with E-state index in [0.717, 1.165) is 12.8 Å². The molecule has 3 nitrogen and oxygen atoms in total. The van der Waals surface area contributed by atoms with Crippen molar-refractivity contribution in [2.24, 2.45) is 22.7 Å². The molecular weight excluding hydrogens is 463 g/mol. The van der Waals surface area contributed by atoms with Gasteiger partial charge in [-0.25, -0.2) is 0 Å². The normalized spacial score (nSPS) is 17.9. The molecule has 0 aromatic heterocycles. The fourth-order valence-electron chi connectivity index (χ4n) is 6.60. The van der Waals surface area contributed by atoms with E-state index in [9.17, 15) is 4.57 Å². The Kier molecular flexibility index (Phi) is 22.1. The van der Waals surface area contributed by atoms with Gasteiger partial charge in [0.25, 0.3) is 0 Å². The summed E-state index contributed by atoms with van der Waals surface area (Å²) in [4.78, 5) is 0. The minimum absolute atomic E-state index is 0.123. The Bertz CT molecular complexity index is 482. The highest BCUT2D eigenvalue weighted by Crippen LogP contribution is 2.47. The molecule has 0 heterocycles. The molecule has 0 N–H and O–H groups in total. The molecule has 0 aliphatic heterocycles. The Hall–Kier alpha value is 0.150. The predicted molar refractivity (Wildman–Crippen MR) is 161 cm³/mol. The highest BCUT2D eigenvalue weighted by atomic mass is 31.1. The molecule has 0 amide bonds. The standard InChI is InChI=1S/C32H67O3P/c1-9-17-21-23-29(13-5)31(15-7,25-19-11-3)27-34-36(33)35-28-32(16-8,26-20-12-4)30(14-6)24-22-18-10-2/h29-30,36H,9-28H2,1-8H3. The van der Waals surface area contributed by atoms with Crippen molar-refractivity contribution >= 4 is 8.25 Å². The molecule has 0 saturated carbocycles. The first kappa shape index (κ1) is 36.1. The second-order valence-corrected chi connectivity index (χ2v) is 12.7. The van der Waals surface area contributed by atoms with Crippen molar-refractivity contribution in [3.05, 3.63) is 0 Å². The molecule has 0 aliphatic carbocycles. The minimum Gasteiger partial charge on any atom is -0.310 e. The van der Waals surface area contributed by atoms with Gasteiger partial charge in [0.2, 0.25) is 0 Å². The van der Waals surface area contributed by atoms with Crippen LogP contribution in [-0.2, 0) is 13.6 Å². The van der Waals surface area contributed by atoms with Crippen LogP contribution in [0.2, 0.25) is 0 Å². The van der Waals surface area contributed by atoms with Crippen molar-refractivity contribution in [3.8, 4) is 0 Å². The molecule has 218 valence electrons. The first-order chi connectivity index (χ1) is 17.4. The first-order valence-electron chi connectivity index (χ1n) is 16.2. The van der Waals surface area contributed by atoms with Gasteiger partial charge < -0.3 is 9.05 Å². The molecule has 4 unspecified atom stereocenters. The topological polar surface area (TPSA) is 35.5 Å². The Balaban J connectivity index is 5.41. The maximum atomic E-state index is 13.2. The summed E-state index contributed by atoms with van der Waals surface area (Å²) < 4.78 is 25.5. The van der Waals surface area contributed by atoms with E-state index in [0.29, 0.717) is 25.0 Å². The molecule has 0 aromatic rings. The number of unbranched alkanes of at least 4 members (excludes halogenated alkanes) is 6. The average Bonchev–Trinajstić information content (AvgIpc) is 2.90. The van der Waals surface area contributed by atoms with Gasteiger partial charge in [0.05, 0.1) is 13.2 Å². The van der Waals surface area contributed by atoms with Crippen molar-refractivity contribution in [2.45, 2.75) is 171 Å². The molecule has 0 aliphatic rings. The number of hydrogen-bond acceptors (Lipinski definition) is 3. The molecule has 0 bridgehead atoms. The molecule has 0 aromatic carbocycles. The zero-order valence-electron chi connectivity index (χ0n) is 26.0. The summed E-state index contributed by atoms with van der Waals surface area (Å²) in [5, 5.41) is 0. The molecule has 0 saturated heterocycles. The largest absolute Gasteiger partial charge is 0.319 e. The van der Waals surface area contributed by atoms with Crippen LogP contribution in [0.5, 0.6) is 0 Å². The minimum atomic E-state index is -2.51. The highest BCUT2D eigenvalue weighted by molar-refractivity contribution is 7.33. The lowest BCUT2D eigenvalue weighted by atomic mass is 9.67. The summed E-state index contributed by atoms with van der Waals surface area (Å²) in [6.45, 7) is 19.6. The zero-order chi connectivity index (χ0) is 27.3. The van der Waals surface area contributed by atoms with Crippen molar-refractivity contribution in [1.82, 2.24) is 0 Å². The Morgan fingerprint density at radius 1 is 0.556 bits per heavy atom. The third-order valence-electron chi connectivity index (χ3n) is 9.45. The smallest absolute Gasteiger partial charge is 0.310 e.